The molecular formula is C25H22BrF3N2O4S. The summed E-state index contributed by atoms with van der Waals surface area (Å²) in [4.78, 5) is -0.215. The number of fused-ring (bicyclic) bond motifs is 3. The summed E-state index contributed by atoms with van der Waals surface area (Å²) < 4.78 is 72.6. The van der Waals surface area contributed by atoms with Gasteiger partial charge in [0.25, 0.3) is 0 Å². The molecule has 0 bridgehead atoms. The van der Waals surface area contributed by atoms with Crippen molar-refractivity contribution in [3.05, 3.63) is 71.2 Å². The second-order valence-electron chi connectivity index (χ2n) is 8.78. The summed E-state index contributed by atoms with van der Waals surface area (Å²) in [5.41, 5.74) is 1.88. The number of hydrogen-bond acceptors (Lipinski definition) is 4. The average molecular weight is 583 g/mol. The van der Waals surface area contributed by atoms with Crippen LogP contribution in [0.3, 0.4) is 0 Å². The Hall–Kier alpha value is -2.60. The van der Waals surface area contributed by atoms with Crippen LogP contribution in [0.25, 0.3) is 21.8 Å². The molecule has 0 saturated heterocycles. The van der Waals surface area contributed by atoms with Gasteiger partial charge in [0.1, 0.15) is 5.75 Å². The van der Waals surface area contributed by atoms with Crippen LogP contribution in [0.2, 0.25) is 0 Å². The lowest BCUT2D eigenvalue weighted by molar-refractivity contribution is -0.274. The molecule has 6 nitrogen and oxygen atoms in total. The number of ether oxygens (including phenoxy) is 1. The van der Waals surface area contributed by atoms with Gasteiger partial charge in [-0.05, 0) is 67.8 Å². The fraction of sp³-hybridized carbons (Fsp3) is 0.280. The number of para-hydroxylation sites is 1. The van der Waals surface area contributed by atoms with Crippen LogP contribution in [0.1, 0.15) is 25.3 Å². The van der Waals surface area contributed by atoms with E-state index in [4.69, 9.17) is 0 Å². The van der Waals surface area contributed by atoms with Gasteiger partial charge in [-0.3, -0.25) is 0 Å². The highest BCUT2D eigenvalue weighted by Crippen LogP contribution is 2.39. The molecular weight excluding hydrogens is 561 g/mol. The normalized spacial score (nSPS) is 21.2. The molecule has 0 spiro atoms. The van der Waals surface area contributed by atoms with Gasteiger partial charge in [-0.25, -0.2) is 13.1 Å². The van der Waals surface area contributed by atoms with Crippen molar-refractivity contribution in [1.29, 1.82) is 0 Å². The highest BCUT2D eigenvalue weighted by atomic mass is 79.9. The number of nitrogens with zero attached hydrogens (tertiary/aromatic N) is 1. The third-order valence-corrected chi connectivity index (χ3v) is 8.50. The van der Waals surface area contributed by atoms with Gasteiger partial charge in [0.15, 0.2) is 0 Å². The average Bonchev–Trinajstić information content (AvgIpc) is 3.13. The Morgan fingerprint density at radius 2 is 1.67 bits per heavy atom. The molecule has 11 heteroatoms. The summed E-state index contributed by atoms with van der Waals surface area (Å²) in [5, 5.41) is 13.4. The topological polar surface area (TPSA) is 80.6 Å². The van der Waals surface area contributed by atoms with E-state index in [1.807, 2.05) is 42.5 Å². The van der Waals surface area contributed by atoms with Crippen LogP contribution in [-0.4, -0.2) is 36.6 Å². The highest BCUT2D eigenvalue weighted by Gasteiger charge is 2.37. The monoisotopic (exact) mass is 582 g/mol. The molecule has 190 valence electrons. The van der Waals surface area contributed by atoms with E-state index in [1.165, 1.54) is 0 Å². The van der Waals surface area contributed by atoms with E-state index in [1.54, 1.807) is 0 Å². The number of aliphatic hydroxyl groups excluding tert-OH is 1. The van der Waals surface area contributed by atoms with Crippen LogP contribution < -0.4 is 9.46 Å². The van der Waals surface area contributed by atoms with Gasteiger partial charge >= 0.3 is 6.36 Å². The minimum absolute atomic E-state index is 0.215. The molecule has 1 saturated carbocycles. The van der Waals surface area contributed by atoms with Crippen molar-refractivity contribution in [3.8, 4) is 5.75 Å². The summed E-state index contributed by atoms with van der Waals surface area (Å²) in [7, 11) is -4.10. The molecule has 1 aliphatic rings. The minimum Gasteiger partial charge on any atom is -0.406 e. The quantitative estimate of drug-likeness (QED) is 0.307. The molecule has 1 heterocycles. The van der Waals surface area contributed by atoms with Gasteiger partial charge in [-0.15, -0.1) is 13.2 Å². The van der Waals surface area contributed by atoms with Crippen molar-refractivity contribution >= 4 is 47.8 Å². The number of aliphatic hydroxyl groups is 1. The predicted molar refractivity (Wildman–Crippen MR) is 133 cm³/mol. The Morgan fingerprint density at radius 3 is 2.39 bits per heavy atom. The Balaban J connectivity index is 1.44. The lowest BCUT2D eigenvalue weighted by atomic mass is 9.88. The van der Waals surface area contributed by atoms with Crippen molar-refractivity contribution in [2.45, 2.75) is 48.7 Å². The molecule has 5 rings (SSSR count). The summed E-state index contributed by atoms with van der Waals surface area (Å²) in [6, 6.07) is 16.6. The number of aromatic nitrogens is 1. The molecule has 2 N–H and O–H groups in total. The molecule has 1 unspecified atom stereocenters. The van der Waals surface area contributed by atoms with E-state index in [9.17, 15) is 26.7 Å². The smallest absolute Gasteiger partial charge is 0.406 e. The molecule has 0 amide bonds. The van der Waals surface area contributed by atoms with Crippen molar-refractivity contribution in [3.63, 3.8) is 0 Å². The second-order valence-corrected chi connectivity index (χ2v) is 11.4. The van der Waals surface area contributed by atoms with E-state index < -0.39 is 34.3 Å². The van der Waals surface area contributed by atoms with Gasteiger partial charge < -0.3 is 14.4 Å². The standard InChI is InChI=1S/C25H22BrF3N2O4S/c26-15-8-13-22-19(14-15)18-4-1-2-6-21(18)31(22)23-7-3-5-20(24(23)32)30-36(33,34)17-11-9-16(10-12-17)35-25(27,28)29/h1-2,4,6,8-14,20,23-24,30,32H,3,5,7H2/t20-,23?,24+/m1/s1. The van der Waals surface area contributed by atoms with Gasteiger partial charge in [0, 0.05) is 26.3 Å². The Labute approximate surface area is 213 Å². The van der Waals surface area contributed by atoms with Crippen LogP contribution in [0, 0.1) is 0 Å². The number of nitrogens with one attached hydrogen (secondary N) is 1. The Bertz CT molecular complexity index is 1520. The summed E-state index contributed by atoms with van der Waals surface area (Å²) in [6.45, 7) is 0. The second kappa shape index (κ2) is 9.37. The maximum absolute atomic E-state index is 13.0. The molecule has 0 radical (unpaired) electrons. The van der Waals surface area contributed by atoms with Crippen LogP contribution in [0.4, 0.5) is 13.2 Å². The first-order valence-corrected chi connectivity index (χ1v) is 13.6. The molecule has 1 fully saturated rings. The summed E-state index contributed by atoms with van der Waals surface area (Å²) >= 11 is 3.52. The Morgan fingerprint density at radius 1 is 0.972 bits per heavy atom. The third kappa shape index (κ3) is 4.84. The first-order chi connectivity index (χ1) is 17.0. The van der Waals surface area contributed by atoms with E-state index in [0.717, 1.165) is 50.5 Å². The van der Waals surface area contributed by atoms with Crippen LogP contribution in [-0.2, 0) is 10.0 Å². The molecule has 4 aromatic rings. The maximum Gasteiger partial charge on any atom is 0.573 e. The summed E-state index contributed by atoms with van der Waals surface area (Å²) in [6.07, 6.45) is -4.13. The van der Waals surface area contributed by atoms with E-state index in [0.29, 0.717) is 19.3 Å². The molecule has 36 heavy (non-hydrogen) atoms. The van der Waals surface area contributed by atoms with Gasteiger partial charge in [0.2, 0.25) is 10.0 Å². The zero-order valence-electron chi connectivity index (χ0n) is 18.7. The van der Waals surface area contributed by atoms with Crippen LogP contribution in [0.5, 0.6) is 5.75 Å². The number of benzene rings is 3. The molecule has 3 aromatic carbocycles. The molecule has 1 aromatic heterocycles. The predicted octanol–water partition coefficient (Wildman–Crippen LogP) is 5.89. The number of rotatable bonds is 5. The fourth-order valence-corrected chi connectivity index (χ4v) is 6.63. The number of halogens is 4. The van der Waals surface area contributed by atoms with Gasteiger partial charge in [0.05, 0.1) is 23.1 Å². The SMILES string of the molecule is O=S(=O)(N[C@@H]1CCCC(n2c3ccccc3c3cc(Br)ccc32)[C@H]1O)c1ccc(OC(F)(F)F)cc1. The highest BCUT2D eigenvalue weighted by molar-refractivity contribution is 9.10. The van der Waals surface area contributed by atoms with Crippen LogP contribution >= 0.6 is 15.9 Å². The molecule has 3 atom stereocenters. The fourth-order valence-electron chi connectivity index (χ4n) is 4.99. The first-order valence-electron chi connectivity index (χ1n) is 11.3. The van der Waals surface area contributed by atoms with Crippen molar-refractivity contribution in [2.75, 3.05) is 0 Å². The van der Waals surface area contributed by atoms with Crippen molar-refractivity contribution in [2.24, 2.45) is 0 Å². The zero-order valence-corrected chi connectivity index (χ0v) is 21.1. The maximum atomic E-state index is 13.0. The van der Waals surface area contributed by atoms with E-state index in [2.05, 4.69) is 30.0 Å². The van der Waals surface area contributed by atoms with E-state index >= 15 is 0 Å². The van der Waals surface area contributed by atoms with E-state index in [-0.39, 0.29) is 10.9 Å². The lowest BCUT2D eigenvalue weighted by Gasteiger charge is -2.36. The molecule has 0 aliphatic heterocycles. The summed E-state index contributed by atoms with van der Waals surface area (Å²) in [5.74, 6) is -0.516. The number of sulfonamides is 1. The first kappa shape index (κ1) is 25.1. The van der Waals surface area contributed by atoms with Gasteiger partial charge in [-0.2, -0.15) is 0 Å². The van der Waals surface area contributed by atoms with Crippen molar-refractivity contribution < 1.29 is 31.4 Å². The largest absolute Gasteiger partial charge is 0.573 e. The van der Waals surface area contributed by atoms with Crippen molar-refractivity contribution in [1.82, 2.24) is 9.29 Å². The molecule has 1 aliphatic carbocycles. The zero-order chi connectivity index (χ0) is 25.7. The van der Waals surface area contributed by atoms with Gasteiger partial charge in [-0.1, -0.05) is 34.1 Å². The number of hydrogen-bond donors (Lipinski definition) is 2. The third-order valence-electron chi connectivity index (χ3n) is 6.50. The minimum atomic E-state index is -4.87. The lowest BCUT2D eigenvalue weighted by Crippen LogP contribution is -2.49. The van der Waals surface area contributed by atoms with Crippen LogP contribution in [0.15, 0.2) is 76.1 Å². The number of alkyl halides is 3. The Kier molecular flexibility index (Phi) is 6.52.